The Morgan fingerprint density at radius 2 is 1.70 bits per heavy atom. The molecular formula is C16H15F2NO. The highest BCUT2D eigenvalue weighted by atomic mass is 19.1. The summed E-state index contributed by atoms with van der Waals surface area (Å²) < 4.78 is 26.1. The number of amides is 1. The lowest BCUT2D eigenvalue weighted by molar-refractivity contribution is -0.121. The summed E-state index contributed by atoms with van der Waals surface area (Å²) in [5.41, 5.74) is 1.36. The average molecular weight is 275 g/mol. The van der Waals surface area contributed by atoms with Gasteiger partial charge < -0.3 is 5.32 Å². The molecule has 0 aromatic heterocycles. The first kappa shape index (κ1) is 14.2. The molecule has 2 nitrogen and oxygen atoms in total. The molecular weight excluding hydrogens is 260 g/mol. The summed E-state index contributed by atoms with van der Waals surface area (Å²) in [4.78, 5) is 11.7. The van der Waals surface area contributed by atoms with Gasteiger partial charge in [-0.2, -0.15) is 0 Å². The summed E-state index contributed by atoms with van der Waals surface area (Å²) in [7, 11) is 0. The van der Waals surface area contributed by atoms with Crippen LogP contribution in [0.1, 0.15) is 17.5 Å². The lowest BCUT2D eigenvalue weighted by Gasteiger charge is -2.06. The summed E-state index contributed by atoms with van der Waals surface area (Å²) in [6.07, 6.45) is 0.587. The van der Waals surface area contributed by atoms with Crippen LogP contribution in [0, 0.1) is 11.6 Å². The van der Waals surface area contributed by atoms with Crippen molar-refractivity contribution in [1.29, 1.82) is 0 Å². The largest absolute Gasteiger partial charge is 0.352 e. The topological polar surface area (TPSA) is 29.1 Å². The molecule has 104 valence electrons. The molecule has 0 saturated carbocycles. The van der Waals surface area contributed by atoms with Crippen molar-refractivity contribution in [3.05, 3.63) is 71.3 Å². The first-order valence-electron chi connectivity index (χ1n) is 6.40. The fourth-order valence-corrected chi connectivity index (χ4v) is 1.84. The number of carbonyl (C=O) groups is 1. The molecule has 0 aliphatic heterocycles. The van der Waals surface area contributed by atoms with Crippen LogP contribution >= 0.6 is 0 Å². The number of rotatable bonds is 5. The van der Waals surface area contributed by atoms with Gasteiger partial charge >= 0.3 is 0 Å². The van der Waals surface area contributed by atoms with E-state index in [1.165, 1.54) is 18.2 Å². The molecule has 0 spiro atoms. The van der Waals surface area contributed by atoms with Gasteiger partial charge in [0, 0.05) is 13.0 Å². The van der Waals surface area contributed by atoms with Crippen LogP contribution in [0.2, 0.25) is 0 Å². The molecule has 0 bridgehead atoms. The third kappa shape index (κ3) is 4.16. The van der Waals surface area contributed by atoms with Crippen molar-refractivity contribution >= 4 is 5.91 Å². The highest BCUT2D eigenvalue weighted by Gasteiger charge is 2.05. The molecule has 4 heteroatoms. The molecule has 0 saturated heterocycles. The molecule has 0 atom stereocenters. The Labute approximate surface area is 116 Å². The third-order valence-corrected chi connectivity index (χ3v) is 2.98. The van der Waals surface area contributed by atoms with Crippen molar-refractivity contribution in [2.45, 2.75) is 19.4 Å². The summed E-state index contributed by atoms with van der Waals surface area (Å²) in [6.45, 7) is 0.344. The van der Waals surface area contributed by atoms with Gasteiger partial charge in [-0.05, 0) is 35.7 Å². The van der Waals surface area contributed by atoms with Crippen molar-refractivity contribution in [3.63, 3.8) is 0 Å². The lowest BCUT2D eigenvalue weighted by atomic mass is 10.1. The van der Waals surface area contributed by atoms with E-state index in [-0.39, 0.29) is 24.0 Å². The van der Waals surface area contributed by atoms with Crippen LogP contribution in [0.4, 0.5) is 8.78 Å². The van der Waals surface area contributed by atoms with Crippen LogP contribution in [0.5, 0.6) is 0 Å². The Morgan fingerprint density at radius 1 is 1.00 bits per heavy atom. The zero-order valence-corrected chi connectivity index (χ0v) is 10.9. The number of hydrogen-bond donors (Lipinski definition) is 1. The molecule has 2 rings (SSSR count). The molecule has 1 N–H and O–H groups in total. The van der Waals surface area contributed by atoms with Crippen molar-refractivity contribution in [2.75, 3.05) is 0 Å². The standard InChI is InChI=1S/C16H15F2NO/c17-14-8-5-12(6-9-14)11-19-16(20)10-7-13-3-1-2-4-15(13)18/h1-6,8-9H,7,10-11H2,(H,19,20). The van der Waals surface area contributed by atoms with Crippen molar-refractivity contribution in [2.24, 2.45) is 0 Å². The summed E-state index contributed by atoms with van der Waals surface area (Å²) in [5, 5.41) is 2.72. The highest BCUT2D eigenvalue weighted by Crippen LogP contribution is 2.09. The van der Waals surface area contributed by atoms with Gasteiger partial charge in [-0.1, -0.05) is 30.3 Å². The van der Waals surface area contributed by atoms with E-state index in [0.717, 1.165) is 5.56 Å². The molecule has 2 aromatic carbocycles. The number of hydrogen-bond acceptors (Lipinski definition) is 1. The molecule has 0 fully saturated rings. The Hall–Kier alpha value is -2.23. The van der Waals surface area contributed by atoms with Crippen LogP contribution in [0.15, 0.2) is 48.5 Å². The molecule has 2 aromatic rings. The van der Waals surface area contributed by atoms with Crippen molar-refractivity contribution < 1.29 is 13.6 Å². The lowest BCUT2D eigenvalue weighted by Crippen LogP contribution is -2.23. The van der Waals surface area contributed by atoms with Gasteiger partial charge in [0.1, 0.15) is 11.6 Å². The zero-order valence-electron chi connectivity index (χ0n) is 10.9. The van der Waals surface area contributed by atoms with E-state index in [9.17, 15) is 13.6 Å². The fraction of sp³-hybridized carbons (Fsp3) is 0.188. The Bertz CT molecular complexity index is 581. The minimum Gasteiger partial charge on any atom is -0.352 e. The molecule has 0 radical (unpaired) electrons. The van der Waals surface area contributed by atoms with Crippen LogP contribution in [-0.4, -0.2) is 5.91 Å². The summed E-state index contributed by atoms with van der Waals surface area (Å²) in [5.74, 6) is -0.754. The predicted molar refractivity (Wildman–Crippen MR) is 73.0 cm³/mol. The van der Waals surface area contributed by atoms with Gasteiger partial charge in [0.2, 0.25) is 5.91 Å². The minimum absolute atomic E-state index is 0.155. The fourth-order valence-electron chi connectivity index (χ4n) is 1.84. The van der Waals surface area contributed by atoms with E-state index < -0.39 is 0 Å². The maximum absolute atomic E-state index is 13.4. The molecule has 0 heterocycles. The van der Waals surface area contributed by atoms with E-state index in [1.807, 2.05) is 0 Å². The molecule has 1 amide bonds. The Morgan fingerprint density at radius 3 is 2.40 bits per heavy atom. The number of carbonyl (C=O) groups excluding carboxylic acids is 1. The average Bonchev–Trinajstić information content (AvgIpc) is 2.46. The van der Waals surface area contributed by atoms with Gasteiger partial charge in [0.05, 0.1) is 0 Å². The van der Waals surface area contributed by atoms with E-state index >= 15 is 0 Å². The molecule has 20 heavy (non-hydrogen) atoms. The summed E-state index contributed by atoms with van der Waals surface area (Å²) in [6, 6.07) is 12.3. The second-order valence-corrected chi connectivity index (χ2v) is 4.49. The van der Waals surface area contributed by atoms with E-state index in [4.69, 9.17) is 0 Å². The van der Waals surface area contributed by atoms with Crippen LogP contribution in [-0.2, 0) is 17.8 Å². The SMILES string of the molecule is O=C(CCc1ccccc1F)NCc1ccc(F)cc1. The number of halogens is 2. The van der Waals surface area contributed by atoms with Gasteiger partial charge in [0.15, 0.2) is 0 Å². The third-order valence-electron chi connectivity index (χ3n) is 2.98. The first-order chi connectivity index (χ1) is 9.65. The molecule has 0 aliphatic rings. The van der Waals surface area contributed by atoms with Gasteiger partial charge in [-0.25, -0.2) is 8.78 Å². The highest BCUT2D eigenvalue weighted by molar-refractivity contribution is 5.76. The molecule has 0 unspecified atom stereocenters. The molecule has 0 aliphatic carbocycles. The van der Waals surface area contributed by atoms with Crippen molar-refractivity contribution in [1.82, 2.24) is 5.32 Å². The zero-order chi connectivity index (χ0) is 14.4. The second-order valence-electron chi connectivity index (χ2n) is 4.49. The minimum atomic E-state index is -0.306. The first-order valence-corrected chi connectivity index (χ1v) is 6.40. The van der Waals surface area contributed by atoms with Gasteiger partial charge in [0.25, 0.3) is 0 Å². The van der Waals surface area contributed by atoms with E-state index in [2.05, 4.69) is 5.32 Å². The Kier molecular flexibility index (Phi) is 4.82. The smallest absolute Gasteiger partial charge is 0.220 e. The number of aryl methyl sites for hydroxylation is 1. The normalized spacial score (nSPS) is 10.3. The van der Waals surface area contributed by atoms with Crippen LogP contribution in [0.3, 0.4) is 0 Å². The van der Waals surface area contributed by atoms with Gasteiger partial charge in [-0.3, -0.25) is 4.79 Å². The van der Waals surface area contributed by atoms with Crippen LogP contribution < -0.4 is 5.32 Å². The van der Waals surface area contributed by atoms with E-state index in [1.54, 1.807) is 30.3 Å². The van der Waals surface area contributed by atoms with Crippen LogP contribution in [0.25, 0.3) is 0 Å². The second kappa shape index (κ2) is 6.80. The number of benzene rings is 2. The predicted octanol–water partition coefficient (Wildman–Crippen LogP) is 3.21. The summed E-state index contributed by atoms with van der Waals surface area (Å²) >= 11 is 0. The monoisotopic (exact) mass is 275 g/mol. The quantitative estimate of drug-likeness (QED) is 0.892. The number of nitrogens with one attached hydrogen (secondary N) is 1. The maximum atomic E-state index is 13.4. The Balaban J connectivity index is 1.78. The van der Waals surface area contributed by atoms with Crippen molar-refractivity contribution in [3.8, 4) is 0 Å². The van der Waals surface area contributed by atoms with E-state index in [0.29, 0.717) is 18.5 Å². The maximum Gasteiger partial charge on any atom is 0.220 e. The van der Waals surface area contributed by atoms with Gasteiger partial charge in [-0.15, -0.1) is 0 Å².